The molecule has 0 aliphatic rings. The average Bonchev–Trinajstić information content (AvgIpc) is 3.02. The smallest absolute Gasteiger partial charge is 0.268 e. The first-order valence-corrected chi connectivity index (χ1v) is 21.2. The third-order valence-corrected chi connectivity index (χ3v) is 9.62. The molecule has 0 fully saturated rings. The lowest BCUT2D eigenvalue weighted by Crippen LogP contribution is -2.45. The van der Waals surface area contributed by atoms with Crippen molar-refractivity contribution in [1.29, 1.82) is 0 Å². The molecule has 0 saturated heterocycles. The molecule has 0 aromatic rings. The first kappa shape index (κ1) is 47.0. The van der Waals surface area contributed by atoms with E-state index in [0.29, 0.717) is 17.4 Å². The second kappa shape index (κ2) is 31.9. The van der Waals surface area contributed by atoms with Crippen LogP contribution in [0.5, 0.6) is 0 Å². The summed E-state index contributed by atoms with van der Waals surface area (Å²) >= 11 is 0. The van der Waals surface area contributed by atoms with Crippen molar-refractivity contribution in [2.24, 2.45) is 0 Å². The number of amides is 1. The monoisotopic (exact) mass is 701 g/mol. The molecule has 0 aromatic heterocycles. The molecule has 1 amide bonds. The van der Waals surface area contributed by atoms with Crippen LogP contribution < -0.4 is 10.2 Å². The Morgan fingerprint density at radius 3 is 1.67 bits per heavy atom. The summed E-state index contributed by atoms with van der Waals surface area (Å²) in [5, 5.41) is 13.7. The number of quaternary nitrogens is 1. The van der Waals surface area contributed by atoms with E-state index in [2.05, 4.69) is 31.3 Å². The Morgan fingerprint density at radius 2 is 1.15 bits per heavy atom. The normalized spacial score (nSPS) is 14.9. The van der Waals surface area contributed by atoms with E-state index in [1.807, 2.05) is 27.2 Å². The molecule has 0 radical (unpaired) electrons. The summed E-state index contributed by atoms with van der Waals surface area (Å²) < 4.78 is 23.1. The van der Waals surface area contributed by atoms with Crippen molar-refractivity contribution in [2.45, 2.75) is 180 Å². The number of hydrogen-bond acceptors (Lipinski definition) is 6. The highest BCUT2D eigenvalue weighted by molar-refractivity contribution is 7.45. The Kier molecular flexibility index (Phi) is 31.2. The number of nitrogens with one attached hydrogen (secondary N) is 1. The van der Waals surface area contributed by atoms with E-state index < -0.39 is 20.0 Å². The summed E-state index contributed by atoms with van der Waals surface area (Å²) in [7, 11) is 1.25. The number of aliphatic hydroxyl groups excluding tert-OH is 1. The molecule has 284 valence electrons. The Balaban J connectivity index is 4.54. The van der Waals surface area contributed by atoms with Gasteiger partial charge in [-0.25, -0.2) is 0 Å². The lowest BCUT2D eigenvalue weighted by atomic mass is 10.0. The van der Waals surface area contributed by atoms with Gasteiger partial charge in [-0.2, -0.15) is 0 Å². The van der Waals surface area contributed by atoms with Gasteiger partial charge < -0.3 is 28.8 Å². The quantitative estimate of drug-likeness (QED) is 0.0295. The number of likely N-dealkylation sites (N-methyl/N-ethyl adjacent to an activating group) is 1. The maximum atomic E-state index is 12.8. The van der Waals surface area contributed by atoms with Crippen molar-refractivity contribution in [3.63, 3.8) is 0 Å². The van der Waals surface area contributed by atoms with Crippen LogP contribution in [0.3, 0.4) is 0 Å². The van der Waals surface area contributed by atoms with Crippen LogP contribution in [0, 0.1) is 0 Å². The number of phosphoric ester groups is 1. The number of nitrogens with zero attached hydrogens (tertiary/aromatic N) is 1. The highest BCUT2D eigenvalue weighted by atomic mass is 31.2. The molecule has 3 unspecified atom stereocenters. The average molecular weight is 701 g/mol. The molecule has 0 rings (SSSR count). The van der Waals surface area contributed by atoms with Gasteiger partial charge in [0, 0.05) is 6.42 Å². The summed E-state index contributed by atoms with van der Waals surface area (Å²) in [6.07, 6.45) is 35.0. The first-order chi connectivity index (χ1) is 23.0. The summed E-state index contributed by atoms with van der Waals surface area (Å²) in [4.78, 5) is 25.1. The van der Waals surface area contributed by atoms with Gasteiger partial charge >= 0.3 is 0 Å². The van der Waals surface area contributed by atoms with Crippen LogP contribution >= 0.6 is 7.82 Å². The van der Waals surface area contributed by atoms with Gasteiger partial charge in [0.15, 0.2) is 0 Å². The standard InChI is InChI=1S/C39H77N2O6P/c1-6-8-10-12-14-16-18-20-21-22-24-26-28-30-32-38(42)37(36-47-48(44,45)46-35-34-41(3,4)5)40-39(43)33-31-29-27-25-23-19-17-15-13-11-9-7-2/h15,17,30,32,37-38,42H,6-14,16,18-29,31,33-36H2,1-5H3,(H-,40,43,44,45)/b17-15-,32-30+. The zero-order chi connectivity index (χ0) is 35.8. The van der Waals surface area contributed by atoms with E-state index in [0.717, 1.165) is 51.4 Å². The summed E-state index contributed by atoms with van der Waals surface area (Å²) in [5.74, 6) is -0.210. The van der Waals surface area contributed by atoms with Crippen molar-refractivity contribution >= 4 is 13.7 Å². The number of aliphatic hydroxyl groups is 1. The summed E-state index contributed by atoms with van der Waals surface area (Å²) in [6.45, 7) is 4.59. The predicted molar refractivity (Wildman–Crippen MR) is 201 cm³/mol. The summed E-state index contributed by atoms with van der Waals surface area (Å²) in [5.41, 5.74) is 0. The minimum atomic E-state index is -4.58. The molecule has 8 nitrogen and oxygen atoms in total. The number of carbonyl (C=O) groups is 1. The van der Waals surface area contributed by atoms with Crippen LogP contribution in [-0.4, -0.2) is 68.5 Å². The minimum Gasteiger partial charge on any atom is -0.756 e. The van der Waals surface area contributed by atoms with Crippen LogP contribution in [0.2, 0.25) is 0 Å². The van der Waals surface area contributed by atoms with Gasteiger partial charge in [-0.05, 0) is 44.9 Å². The Hall–Kier alpha value is -1.02. The number of rotatable bonds is 35. The van der Waals surface area contributed by atoms with Crippen molar-refractivity contribution in [2.75, 3.05) is 40.9 Å². The van der Waals surface area contributed by atoms with Gasteiger partial charge in [0.1, 0.15) is 13.2 Å². The van der Waals surface area contributed by atoms with Gasteiger partial charge in [0.2, 0.25) is 5.91 Å². The van der Waals surface area contributed by atoms with Gasteiger partial charge in [0.25, 0.3) is 7.82 Å². The van der Waals surface area contributed by atoms with E-state index >= 15 is 0 Å². The minimum absolute atomic E-state index is 0.00193. The van der Waals surface area contributed by atoms with E-state index in [4.69, 9.17) is 9.05 Å². The van der Waals surface area contributed by atoms with Gasteiger partial charge in [0.05, 0.1) is 39.9 Å². The molecule has 0 aromatic carbocycles. The molecular weight excluding hydrogens is 623 g/mol. The van der Waals surface area contributed by atoms with Gasteiger partial charge in [-0.15, -0.1) is 0 Å². The van der Waals surface area contributed by atoms with Gasteiger partial charge in [-0.3, -0.25) is 9.36 Å². The van der Waals surface area contributed by atoms with E-state index in [1.54, 1.807) is 6.08 Å². The van der Waals surface area contributed by atoms with E-state index in [9.17, 15) is 19.4 Å². The second-order valence-corrected chi connectivity index (χ2v) is 16.0. The molecule has 2 N–H and O–H groups in total. The van der Waals surface area contributed by atoms with Crippen molar-refractivity contribution < 1.29 is 32.9 Å². The molecule has 0 spiro atoms. The fourth-order valence-electron chi connectivity index (χ4n) is 5.44. The number of carbonyl (C=O) groups excluding carboxylic acids is 1. The van der Waals surface area contributed by atoms with E-state index in [-0.39, 0.29) is 19.1 Å². The fraction of sp³-hybridized carbons (Fsp3) is 0.872. The lowest BCUT2D eigenvalue weighted by molar-refractivity contribution is -0.870. The number of phosphoric acid groups is 1. The third kappa shape index (κ3) is 33.5. The predicted octanol–water partition coefficient (Wildman–Crippen LogP) is 9.55. The molecule has 0 saturated carbocycles. The SMILES string of the molecule is CCCCC/C=C\CCCCCCCC(=O)NC(COP(=O)([O-])OCC[N+](C)(C)C)C(O)/C=C/CCCCCCCCCCCCCC. The van der Waals surface area contributed by atoms with Crippen molar-refractivity contribution in [3.8, 4) is 0 Å². The number of unbranched alkanes of at least 4 members (excludes halogenated alkanes) is 20. The number of hydrogen-bond donors (Lipinski definition) is 2. The highest BCUT2D eigenvalue weighted by Crippen LogP contribution is 2.38. The molecule has 0 bridgehead atoms. The zero-order valence-corrected chi connectivity index (χ0v) is 32.8. The van der Waals surface area contributed by atoms with Gasteiger partial charge in [-0.1, -0.05) is 141 Å². The van der Waals surface area contributed by atoms with Crippen LogP contribution in [0.1, 0.15) is 168 Å². The molecular formula is C39H77N2O6P. The summed E-state index contributed by atoms with van der Waals surface area (Å²) in [6, 6.07) is -0.885. The maximum absolute atomic E-state index is 12.8. The molecule has 9 heteroatoms. The Morgan fingerprint density at radius 1 is 0.708 bits per heavy atom. The number of allylic oxidation sites excluding steroid dienone is 3. The van der Waals surface area contributed by atoms with Crippen LogP contribution in [0.25, 0.3) is 0 Å². The maximum Gasteiger partial charge on any atom is 0.268 e. The van der Waals surface area contributed by atoms with Crippen LogP contribution in [0.4, 0.5) is 0 Å². The van der Waals surface area contributed by atoms with E-state index in [1.165, 1.54) is 96.3 Å². The molecule has 3 atom stereocenters. The Bertz CT molecular complexity index is 845. The zero-order valence-electron chi connectivity index (χ0n) is 31.9. The van der Waals surface area contributed by atoms with Crippen molar-refractivity contribution in [1.82, 2.24) is 5.32 Å². The molecule has 0 aliphatic heterocycles. The largest absolute Gasteiger partial charge is 0.756 e. The molecule has 48 heavy (non-hydrogen) atoms. The van der Waals surface area contributed by atoms with Crippen LogP contribution in [0.15, 0.2) is 24.3 Å². The first-order valence-electron chi connectivity index (χ1n) is 19.7. The van der Waals surface area contributed by atoms with Crippen LogP contribution in [-0.2, 0) is 18.4 Å². The Labute approximate surface area is 296 Å². The molecule has 0 aliphatic carbocycles. The lowest BCUT2D eigenvalue weighted by Gasteiger charge is -2.29. The topological polar surface area (TPSA) is 108 Å². The fourth-order valence-corrected chi connectivity index (χ4v) is 6.16. The second-order valence-electron chi connectivity index (χ2n) is 14.6. The highest BCUT2D eigenvalue weighted by Gasteiger charge is 2.23. The van der Waals surface area contributed by atoms with Crippen molar-refractivity contribution in [3.05, 3.63) is 24.3 Å². The molecule has 0 heterocycles. The third-order valence-electron chi connectivity index (χ3n) is 8.66.